The lowest BCUT2D eigenvalue weighted by atomic mass is 9.81. The summed E-state index contributed by atoms with van der Waals surface area (Å²) in [5.74, 6) is -0.287. The molecule has 190 valence electrons. The Hall–Kier alpha value is -2.12. The van der Waals surface area contributed by atoms with Crippen LogP contribution in [-0.4, -0.2) is 65.8 Å². The first kappa shape index (κ1) is 26.5. The van der Waals surface area contributed by atoms with E-state index in [9.17, 15) is 14.7 Å². The van der Waals surface area contributed by atoms with Gasteiger partial charge in [0, 0.05) is 31.5 Å². The molecule has 3 rings (SSSR count). The number of fused-ring (bicyclic) bond motifs is 1. The number of hydrogen-bond acceptors (Lipinski definition) is 5. The number of carboxylic acid groups (broad SMARTS) is 1. The number of hydrogen-bond donors (Lipinski definition) is 1. The summed E-state index contributed by atoms with van der Waals surface area (Å²) in [4.78, 5) is 33.7. The lowest BCUT2D eigenvalue weighted by molar-refractivity contribution is -0.188. The Kier molecular flexibility index (Phi) is 9.77. The molecule has 4 unspecified atom stereocenters. The zero-order valence-electron chi connectivity index (χ0n) is 21.3. The van der Waals surface area contributed by atoms with Crippen molar-refractivity contribution in [3.63, 3.8) is 0 Å². The summed E-state index contributed by atoms with van der Waals surface area (Å²) in [5, 5.41) is 11.8. The highest BCUT2D eigenvalue weighted by Gasteiger charge is 2.47. The number of hydroxylamine groups is 2. The van der Waals surface area contributed by atoms with E-state index in [1.807, 2.05) is 26.0 Å². The lowest BCUT2D eigenvalue weighted by Crippen LogP contribution is -2.45. The Morgan fingerprint density at radius 1 is 1.24 bits per heavy atom. The third kappa shape index (κ3) is 6.30. The lowest BCUT2D eigenvalue weighted by Gasteiger charge is -2.30. The van der Waals surface area contributed by atoms with Crippen molar-refractivity contribution in [1.29, 1.82) is 0 Å². The zero-order valence-corrected chi connectivity index (χ0v) is 21.3. The molecule has 1 N–H and O–H groups in total. The van der Waals surface area contributed by atoms with Crippen LogP contribution in [0.15, 0.2) is 18.2 Å². The van der Waals surface area contributed by atoms with Gasteiger partial charge in [-0.25, -0.2) is 5.06 Å². The number of likely N-dealkylation sites (tertiary alicyclic amines) is 1. The van der Waals surface area contributed by atoms with Crippen LogP contribution in [0, 0.1) is 11.8 Å². The van der Waals surface area contributed by atoms with Crippen molar-refractivity contribution in [2.45, 2.75) is 78.2 Å². The fraction of sp³-hybridized carbons (Fsp3) is 0.704. The minimum absolute atomic E-state index is 0.0874. The summed E-state index contributed by atoms with van der Waals surface area (Å²) in [6.45, 7) is 10.8. The van der Waals surface area contributed by atoms with Crippen LogP contribution in [0.3, 0.4) is 0 Å². The van der Waals surface area contributed by atoms with E-state index < -0.39 is 11.9 Å². The van der Waals surface area contributed by atoms with Crippen molar-refractivity contribution >= 4 is 11.9 Å². The van der Waals surface area contributed by atoms with Gasteiger partial charge in [-0.1, -0.05) is 52.7 Å². The van der Waals surface area contributed by atoms with Crippen molar-refractivity contribution < 1.29 is 24.3 Å². The number of carbonyl (C=O) groups excluding carboxylic acids is 1. The molecular weight excluding hydrogens is 432 g/mol. The molecule has 1 aromatic carbocycles. The van der Waals surface area contributed by atoms with Crippen molar-refractivity contribution in [2.24, 2.45) is 11.8 Å². The van der Waals surface area contributed by atoms with Gasteiger partial charge in [-0.3, -0.25) is 19.3 Å². The summed E-state index contributed by atoms with van der Waals surface area (Å²) >= 11 is 0. The third-order valence-corrected chi connectivity index (χ3v) is 7.09. The quantitative estimate of drug-likeness (QED) is 0.424. The maximum absolute atomic E-state index is 13.2. The maximum Gasteiger partial charge on any atom is 0.308 e. The molecule has 4 atom stereocenters. The van der Waals surface area contributed by atoms with E-state index in [-0.39, 0.29) is 24.4 Å². The number of aliphatic carboxylic acids is 1. The van der Waals surface area contributed by atoms with E-state index in [4.69, 9.17) is 9.57 Å². The monoisotopic (exact) mass is 474 g/mol. The Balaban J connectivity index is 1.87. The fourth-order valence-corrected chi connectivity index (χ4v) is 5.50. The Morgan fingerprint density at radius 2 is 2.03 bits per heavy atom. The van der Waals surface area contributed by atoms with E-state index in [0.717, 1.165) is 55.4 Å². The SMILES string of the molecule is CCCON(CCC)C(=O)CN1CC(c2ccc3c(c2)CCO3)C(C(=O)O)C1CC(C)CCC. The standard InChI is InChI=1S/C27H42N2O5/c1-5-8-19(4)15-23-26(27(31)32)22(20-9-10-24-21(16-20)11-14-33-24)17-28(23)18-25(30)29(12-6-2)34-13-7-3/h9-10,16,19,22-23,26H,5-8,11-15,17-18H2,1-4H3,(H,31,32). The van der Waals surface area contributed by atoms with Gasteiger partial charge in [-0.15, -0.1) is 0 Å². The summed E-state index contributed by atoms with van der Waals surface area (Å²) in [6.07, 6.45) is 5.38. The van der Waals surface area contributed by atoms with E-state index >= 15 is 0 Å². The minimum Gasteiger partial charge on any atom is -0.493 e. The predicted molar refractivity (Wildman–Crippen MR) is 132 cm³/mol. The van der Waals surface area contributed by atoms with Crippen molar-refractivity contribution in [3.8, 4) is 5.75 Å². The second-order valence-electron chi connectivity index (χ2n) is 9.89. The van der Waals surface area contributed by atoms with E-state index in [2.05, 4.69) is 24.8 Å². The molecule has 7 nitrogen and oxygen atoms in total. The molecule has 0 bridgehead atoms. The molecule has 2 aliphatic rings. The molecular formula is C27H42N2O5. The number of amides is 1. The number of rotatable bonds is 13. The highest BCUT2D eigenvalue weighted by molar-refractivity contribution is 5.78. The second kappa shape index (κ2) is 12.5. The van der Waals surface area contributed by atoms with E-state index in [1.54, 1.807) is 0 Å². The van der Waals surface area contributed by atoms with Crippen molar-refractivity contribution in [3.05, 3.63) is 29.3 Å². The molecule has 1 aromatic rings. The van der Waals surface area contributed by atoms with Gasteiger partial charge in [0.05, 0.1) is 25.7 Å². The number of nitrogens with zero attached hydrogens (tertiary/aromatic N) is 2. The first-order valence-electron chi connectivity index (χ1n) is 13.0. The summed E-state index contributed by atoms with van der Waals surface area (Å²) in [7, 11) is 0. The molecule has 0 saturated carbocycles. The van der Waals surface area contributed by atoms with Crippen LogP contribution in [0.2, 0.25) is 0 Å². The van der Waals surface area contributed by atoms with Gasteiger partial charge in [-0.05, 0) is 42.4 Å². The average Bonchev–Trinajstić information content (AvgIpc) is 3.41. The molecule has 7 heteroatoms. The Morgan fingerprint density at radius 3 is 2.71 bits per heavy atom. The first-order chi connectivity index (χ1) is 16.4. The highest BCUT2D eigenvalue weighted by atomic mass is 16.7. The molecule has 2 aliphatic heterocycles. The zero-order chi connectivity index (χ0) is 24.7. The fourth-order valence-electron chi connectivity index (χ4n) is 5.50. The van der Waals surface area contributed by atoms with Crippen LogP contribution >= 0.6 is 0 Å². The third-order valence-electron chi connectivity index (χ3n) is 7.09. The Labute approximate surface area is 204 Å². The smallest absolute Gasteiger partial charge is 0.308 e. The molecule has 1 fully saturated rings. The van der Waals surface area contributed by atoms with Crippen LogP contribution in [0.1, 0.15) is 76.8 Å². The van der Waals surface area contributed by atoms with Gasteiger partial charge >= 0.3 is 5.97 Å². The number of benzene rings is 1. The van der Waals surface area contributed by atoms with Gasteiger partial charge in [0.25, 0.3) is 5.91 Å². The molecule has 0 aromatic heterocycles. The predicted octanol–water partition coefficient (Wildman–Crippen LogP) is 4.50. The Bertz CT molecular complexity index is 829. The van der Waals surface area contributed by atoms with Crippen LogP contribution < -0.4 is 4.74 Å². The van der Waals surface area contributed by atoms with Gasteiger partial charge < -0.3 is 9.84 Å². The highest BCUT2D eigenvalue weighted by Crippen LogP contribution is 2.42. The van der Waals surface area contributed by atoms with Crippen molar-refractivity contribution in [2.75, 3.05) is 32.8 Å². The number of carbonyl (C=O) groups is 2. The second-order valence-corrected chi connectivity index (χ2v) is 9.89. The van der Waals surface area contributed by atoms with Gasteiger partial charge in [0.1, 0.15) is 5.75 Å². The minimum atomic E-state index is -0.780. The molecule has 0 radical (unpaired) electrons. The van der Waals surface area contributed by atoms with Gasteiger partial charge in [-0.2, -0.15) is 0 Å². The summed E-state index contributed by atoms with van der Waals surface area (Å²) in [6, 6.07) is 5.91. The molecule has 2 heterocycles. The number of carboxylic acids is 1. The molecule has 0 spiro atoms. The van der Waals surface area contributed by atoms with Crippen LogP contribution in [0.4, 0.5) is 0 Å². The normalized spacial score (nSPS) is 22.9. The molecule has 1 saturated heterocycles. The van der Waals surface area contributed by atoms with E-state index in [1.165, 1.54) is 5.06 Å². The van der Waals surface area contributed by atoms with Crippen LogP contribution in [0.25, 0.3) is 0 Å². The maximum atomic E-state index is 13.2. The first-order valence-corrected chi connectivity index (χ1v) is 13.0. The summed E-state index contributed by atoms with van der Waals surface area (Å²) in [5.41, 5.74) is 2.18. The van der Waals surface area contributed by atoms with Gasteiger partial charge in [0.15, 0.2) is 0 Å². The van der Waals surface area contributed by atoms with Crippen molar-refractivity contribution in [1.82, 2.24) is 9.96 Å². The molecule has 0 aliphatic carbocycles. The van der Waals surface area contributed by atoms with Crippen LogP contribution in [0.5, 0.6) is 5.75 Å². The van der Waals surface area contributed by atoms with Gasteiger partial charge in [0.2, 0.25) is 0 Å². The molecule has 1 amide bonds. The number of ether oxygens (including phenoxy) is 1. The molecule has 34 heavy (non-hydrogen) atoms. The topological polar surface area (TPSA) is 79.3 Å². The summed E-state index contributed by atoms with van der Waals surface area (Å²) < 4.78 is 5.66. The van der Waals surface area contributed by atoms with E-state index in [0.29, 0.717) is 32.2 Å². The van der Waals surface area contributed by atoms with Crippen LogP contribution in [-0.2, 0) is 20.8 Å². The average molecular weight is 475 g/mol. The largest absolute Gasteiger partial charge is 0.493 e.